The average Bonchev–Trinajstić information content (AvgIpc) is 2.49. The van der Waals surface area contributed by atoms with Gasteiger partial charge < -0.3 is 9.80 Å². The normalized spacial score (nSPS) is 10.2. The van der Waals surface area contributed by atoms with E-state index in [-0.39, 0.29) is 11.8 Å². The highest BCUT2D eigenvalue weighted by Gasteiger charge is 2.14. The van der Waals surface area contributed by atoms with Crippen LogP contribution in [0.2, 0.25) is 0 Å². The van der Waals surface area contributed by atoms with E-state index in [2.05, 4.69) is 12.1 Å². The van der Waals surface area contributed by atoms with Gasteiger partial charge in [0.25, 0.3) is 0 Å². The van der Waals surface area contributed by atoms with E-state index in [1.165, 1.54) is 5.56 Å². The molecule has 0 atom stereocenters. The van der Waals surface area contributed by atoms with Crippen molar-refractivity contribution in [2.24, 2.45) is 0 Å². The van der Waals surface area contributed by atoms with Crippen LogP contribution in [-0.4, -0.2) is 47.8 Å². The van der Waals surface area contributed by atoms with Crippen molar-refractivity contribution in [3.05, 3.63) is 35.9 Å². The van der Waals surface area contributed by atoms with E-state index in [1.54, 1.807) is 16.7 Å². The van der Waals surface area contributed by atoms with Gasteiger partial charge in [-0.25, -0.2) is 0 Å². The van der Waals surface area contributed by atoms with Crippen molar-refractivity contribution in [2.45, 2.75) is 33.6 Å². The standard InChI is InChI=1S/C17H26N2O2/c1-4-18(5-2)17(21)12-14-19(15(3)20)13-11-16-9-7-6-8-10-16/h6-10H,4-5,11-14H2,1-3H3. The second kappa shape index (κ2) is 9.16. The molecular formula is C17H26N2O2. The van der Waals surface area contributed by atoms with Crippen molar-refractivity contribution in [3.63, 3.8) is 0 Å². The van der Waals surface area contributed by atoms with Crippen molar-refractivity contribution < 1.29 is 9.59 Å². The lowest BCUT2D eigenvalue weighted by Gasteiger charge is -2.23. The minimum Gasteiger partial charge on any atom is -0.343 e. The zero-order valence-electron chi connectivity index (χ0n) is 13.3. The number of amides is 2. The Labute approximate surface area is 127 Å². The summed E-state index contributed by atoms with van der Waals surface area (Å²) < 4.78 is 0. The van der Waals surface area contributed by atoms with E-state index in [0.717, 1.165) is 19.5 Å². The Hall–Kier alpha value is -1.84. The number of hydrogen-bond acceptors (Lipinski definition) is 2. The van der Waals surface area contributed by atoms with E-state index in [1.807, 2.05) is 32.0 Å². The molecule has 0 N–H and O–H groups in total. The Morgan fingerprint density at radius 1 is 0.952 bits per heavy atom. The summed E-state index contributed by atoms with van der Waals surface area (Å²) in [6, 6.07) is 10.1. The molecule has 4 nitrogen and oxygen atoms in total. The summed E-state index contributed by atoms with van der Waals surface area (Å²) in [7, 11) is 0. The summed E-state index contributed by atoms with van der Waals surface area (Å²) in [5.74, 6) is 0.143. The molecule has 0 aliphatic carbocycles. The fourth-order valence-corrected chi connectivity index (χ4v) is 2.30. The maximum Gasteiger partial charge on any atom is 0.224 e. The van der Waals surface area contributed by atoms with Crippen LogP contribution in [-0.2, 0) is 16.0 Å². The predicted molar refractivity (Wildman–Crippen MR) is 84.9 cm³/mol. The molecule has 0 saturated carbocycles. The SMILES string of the molecule is CCN(CC)C(=O)CCN(CCc1ccccc1)C(C)=O. The summed E-state index contributed by atoms with van der Waals surface area (Å²) in [6.07, 6.45) is 1.22. The highest BCUT2D eigenvalue weighted by molar-refractivity contribution is 5.78. The smallest absolute Gasteiger partial charge is 0.224 e. The van der Waals surface area contributed by atoms with E-state index in [9.17, 15) is 9.59 Å². The van der Waals surface area contributed by atoms with Gasteiger partial charge in [-0.05, 0) is 25.8 Å². The van der Waals surface area contributed by atoms with Gasteiger partial charge in [-0.1, -0.05) is 30.3 Å². The third-order valence-electron chi connectivity index (χ3n) is 3.67. The van der Waals surface area contributed by atoms with E-state index < -0.39 is 0 Å². The summed E-state index contributed by atoms with van der Waals surface area (Å²) in [5.41, 5.74) is 1.21. The number of nitrogens with zero attached hydrogens (tertiary/aromatic N) is 2. The van der Waals surface area contributed by atoms with Crippen molar-refractivity contribution in [2.75, 3.05) is 26.2 Å². The van der Waals surface area contributed by atoms with Gasteiger partial charge in [0, 0.05) is 39.5 Å². The first-order valence-corrected chi connectivity index (χ1v) is 7.65. The van der Waals surface area contributed by atoms with E-state index >= 15 is 0 Å². The molecule has 0 fully saturated rings. The monoisotopic (exact) mass is 290 g/mol. The molecule has 4 heteroatoms. The highest BCUT2D eigenvalue weighted by Crippen LogP contribution is 2.04. The minimum absolute atomic E-state index is 0.0262. The first kappa shape index (κ1) is 17.2. The molecule has 1 rings (SSSR count). The van der Waals surface area contributed by atoms with Crippen LogP contribution >= 0.6 is 0 Å². The van der Waals surface area contributed by atoms with Gasteiger partial charge >= 0.3 is 0 Å². The predicted octanol–water partition coefficient (Wildman–Crippen LogP) is 2.34. The molecule has 0 spiro atoms. The quantitative estimate of drug-likeness (QED) is 0.737. The number of carbonyl (C=O) groups excluding carboxylic acids is 2. The zero-order valence-corrected chi connectivity index (χ0v) is 13.3. The Kier molecular flexibility index (Phi) is 7.51. The van der Waals surface area contributed by atoms with Gasteiger partial charge in [-0.15, -0.1) is 0 Å². The molecule has 0 heterocycles. The number of hydrogen-bond donors (Lipinski definition) is 0. The molecule has 116 valence electrons. The van der Waals surface area contributed by atoms with Crippen LogP contribution in [0, 0.1) is 0 Å². The Balaban J connectivity index is 2.47. The Morgan fingerprint density at radius 3 is 2.10 bits per heavy atom. The van der Waals surface area contributed by atoms with Crippen LogP contribution in [0.25, 0.3) is 0 Å². The Bertz CT molecular complexity index is 441. The summed E-state index contributed by atoms with van der Waals surface area (Å²) in [5, 5.41) is 0. The van der Waals surface area contributed by atoms with Gasteiger partial charge in [0.05, 0.1) is 0 Å². The minimum atomic E-state index is 0.0262. The fraction of sp³-hybridized carbons (Fsp3) is 0.529. The highest BCUT2D eigenvalue weighted by atomic mass is 16.2. The molecule has 0 aliphatic heterocycles. The van der Waals surface area contributed by atoms with E-state index in [0.29, 0.717) is 19.5 Å². The zero-order chi connectivity index (χ0) is 15.7. The molecule has 0 unspecified atom stereocenters. The van der Waals surface area contributed by atoms with Crippen LogP contribution in [0.5, 0.6) is 0 Å². The van der Waals surface area contributed by atoms with Crippen LogP contribution in [0.3, 0.4) is 0 Å². The summed E-state index contributed by atoms with van der Waals surface area (Å²) >= 11 is 0. The first-order valence-electron chi connectivity index (χ1n) is 7.65. The molecule has 0 radical (unpaired) electrons. The largest absolute Gasteiger partial charge is 0.343 e. The van der Waals surface area contributed by atoms with Gasteiger partial charge in [0.15, 0.2) is 0 Å². The van der Waals surface area contributed by atoms with Gasteiger partial charge in [-0.2, -0.15) is 0 Å². The van der Waals surface area contributed by atoms with Crippen LogP contribution in [0.4, 0.5) is 0 Å². The molecule has 2 amide bonds. The van der Waals surface area contributed by atoms with Crippen molar-refractivity contribution >= 4 is 11.8 Å². The molecular weight excluding hydrogens is 264 g/mol. The van der Waals surface area contributed by atoms with Crippen LogP contribution < -0.4 is 0 Å². The number of rotatable bonds is 8. The Morgan fingerprint density at radius 2 is 1.57 bits per heavy atom. The van der Waals surface area contributed by atoms with Gasteiger partial charge in [0.2, 0.25) is 11.8 Å². The topological polar surface area (TPSA) is 40.6 Å². The fourth-order valence-electron chi connectivity index (χ4n) is 2.30. The lowest BCUT2D eigenvalue weighted by Crippen LogP contribution is -2.37. The molecule has 0 aliphatic rings. The third-order valence-corrected chi connectivity index (χ3v) is 3.67. The summed E-state index contributed by atoms with van der Waals surface area (Å²) in [6.45, 7) is 8.10. The van der Waals surface area contributed by atoms with Crippen molar-refractivity contribution in [3.8, 4) is 0 Å². The van der Waals surface area contributed by atoms with Gasteiger partial charge in [-0.3, -0.25) is 9.59 Å². The van der Waals surface area contributed by atoms with Crippen LogP contribution in [0.1, 0.15) is 32.8 Å². The van der Waals surface area contributed by atoms with Gasteiger partial charge in [0.1, 0.15) is 0 Å². The number of carbonyl (C=O) groups is 2. The molecule has 21 heavy (non-hydrogen) atoms. The van der Waals surface area contributed by atoms with Crippen LogP contribution in [0.15, 0.2) is 30.3 Å². The number of benzene rings is 1. The van der Waals surface area contributed by atoms with Crippen molar-refractivity contribution in [1.29, 1.82) is 0 Å². The maximum atomic E-state index is 12.0. The molecule has 0 aromatic heterocycles. The first-order chi connectivity index (χ1) is 10.1. The second-order valence-corrected chi connectivity index (χ2v) is 5.06. The second-order valence-electron chi connectivity index (χ2n) is 5.06. The van der Waals surface area contributed by atoms with Crippen molar-refractivity contribution in [1.82, 2.24) is 9.80 Å². The lowest BCUT2D eigenvalue weighted by atomic mass is 10.1. The molecule has 0 saturated heterocycles. The molecule has 1 aromatic carbocycles. The van der Waals surface area contributed by atoms with E-state index in [4.69, 9.17) is 0 Å². The molecule has 1 aromatic rings. The lowest BCUT2D eigenvalue weighted by molar-refractivity contribution is -0.133. The molecule has 0 bridgehead atoms. The maximum absolute atomic E-state index is 12.0. The summed E-state index contributed by atoms with van der Waals surface area (Å²) in [4.78, 5) is 27.2. The average molecular weight is 290 g/mol. The third kappa shape index (κ3) is 5.98.